The lowest BCUT2D eigenvalue weighted by atomic mass is 9.99. The Morgan fingerprint density at radius 3 is 2.56 bits per heavy atom. The van der Waals surface area contributed by atoms with Gasteiger partial charge in [-0.1, -0.05) is 30.7 Å². The molecule has 4 atom stereocenters. The molecule has 3 heterocycles. The number of amides is 3. The van der Waals surface area contributed by atoms with Crippen LogP contribution in [0.2, 0.25) is 0 Å². The van der Waals surface area contributed by atoms with Gasteiger partial charge in [-0.25, -0.2) is 22.6 Å². The maximum atomic E-state index is 14.7. The number of ether oxygens (including phenoxy) is 1. The first-order valence-electron chi connectivity index (χ1n) is 16.8. The molecule has 1 aromatic heterocycles. The Morgan fingerprint density at radius 2 is 1.78 bits per heavy atom. The van der Waals surface area contributed by atoms with Gasteiger partial charge in [0.1, 0.15) is 5.82 Å². The Labute approximate surface area is 287 Å². The second kappa shape index (κ2) is 13.4. The van der Waals surface area contributed by atoms with Crippen LogP contribution in [0.5, 0.6) is 5.88 Å². The lowest BCUT2D eigenvalue weighted by Gasteiger charge is -2.33. The summed E-state index contributed by atoms with van der Waals surface area (Å²) >= 11 is 0. The molecule has 0 radical (unpaired) electrons. The van der Waals surface area contributed by atoms with Gasteiger partial charge in [0.25, 0.3) is 0 Å². The molecule has 2 fully saturated rings. The number of aliphatic imine (C=N–C) groups is 1. The number of ketones is 1. The van der Waals surface area contributed by atoms with E-state index in [4.69, 9.17) is 4.74 Å². The third kappa shape index (κ3) is 7.04. The number of carboxylic acid groups (broad SMARTS) is 1. The molecular formula is C35H36FN5O8S. The number of carbonyl (C=O) groups excluding carboxylic acids is 3. The number of allylic oxidation sites excluding steroid dienone is 2. The molecule has 2 aliphatic heterocycles. The van der Waals surface area contributed by atoms with Crippen molar-refractivity contribution in [1.29, 1.82) is 0 Å². The zero-order valence-corrected chi connectivity index (χ0v) is 27.8. The maximum absolute atomic E-state index is 14.7. The van der Waals surface area contributed by atoms with Crippen molar-refractivity contribution < 1.29 is 41.8 Å². The van der Waals surface area contributed by atoms with Crippen molar-refractivity contribution >= 4 is 61.6 Å². The predicted molar refractivity (Wildman–Crippen MR) is 180 cm³/mol. The van der Waals surface area contributed by atoms with Crippen LogP contribution in [0.1, 0.15) is 64.2 Å². The van der Waals surface area contributed by atoms with Crippen LogP contribution < -0.4 is 14.8 Å². The van der Waals surface area contributed by atoms with E-state index in [2.05, 4.69) is 20.0 Å². The van der Waals surface area contributed by atoms with Gasteiger partial charge >= 0.3 is 6.09 Å². The first kappa shape index (κ1) is 33.6. The van der Waals surface area contributed by atoms with E-state index >= 15 is 0 Å². The molecule has 3 aromatic rings. The second-order valence-electron chi connectivity index (χ2n) is 13.3. The van der Waals surface area contributed by atoms with Gasteiger partial charge in [0, 0.05) is 48.4 Å². The summed E-state index contributed by atoms with van der Waals surface area (Å²) < 4.78 is 48.9. The summed E-state index contributed by atoms with van der Waals surface area (Å²) in [6.45, 7) is 0. The van der Waals surface area contributed by atoms with Crippen LogP contribution in [0, 0.1) is 11.7 Å². The van der Waals surface area contributed by atoms with Gasteiger partial charge in [-0.3, -0.25) is 29.0 Å². The van der Waals surface area contributed by atoms with E-state index in [1.54, 1.807) is 18.2 Å². The highest BCUT2D eigenvalue weighted by Crippen LogP contribution is 2.39. The highest BCUT2D eigenvalue weighted by molar-refractivity contribution is 7.90. The second-order valence-corrected chi connectivity index (χ2v) is 15.2. The number of benzene rings is 2. The number of pyridine rings is 1. The summed E-state index contributed by atoms with van der Waals surface area (Å²) in [5, 5.41) is 12.8. The fourth-order valence-electron chi connectivity index (χ4n) is 6.88. The summed E-state index contributed by atoms with van der Waals surface area (Å²) in [5.41, 5.74) is 2.39. The molecule has 1 saturated carbocycles. The number of aromatic nitrogens is 1. The van der Waals surface area contributed by atoms with Crippen LogP contribution in [-0.2, 0) is 24.4 Å². The van der Waals surface area contributed by atoms with E-state index in [9.17, 15) is 37.1 Å². The molecule has 13 nitrogen and oxygen atoms in total. The van der Waals surface area contributed by atoms with Gasteiger partial charge in [0.2, 0.25) is 27.7 Å². The smallest absolute Gasteiger partial charge is 0.405 e. The molecule has 0 unspecified atom stereocenters. The van der Waals surface area contributed by atoms with Gasteiger partial charge < -0.3 is 15.2 Å². The number of hydrogen-bond acceptors (Lipinski definition) is 9. The van der Waals surface area contributed by atoms with Gasteiger partial charge in [-0.15, -0.1) is 0 Å². The van der Waals surface area contributed by atoms with Crippen LogP contribution in [-0.4, -0.2) is 76.9 Å². The average molecular weight is 706 g/mol. The molecular weight excluding hydrogens is 669 g/mol. The number of carbonyl (C=O) groups is 4. The summed E-state index contributed by atoms with van der Waals surface area (Å²) in [5.74, 6) is -3.53. The Kier molecular flexibility index (Phi) is 9.01. The SMILES string of the molecule is O=C(O)N[C@H]1CCCCC2=C(C2)/N=C\[C@@H]2[C@H](C(=O)NS(=O)(=O)C3CC3)CC(=O)N2[C@H](Oc2nc3ccccc3c3ccc(F)cc23)CCC1=O. The summed E-state index contributed by atoms with van der Waals surface area (Å²) in [6.07, 6.45) is 1.93. The normalized spacial score (nSPS) is 25.3. The molecule has 7 rings (SSSR count). The van der Waals surface area contributed by atoms with Gasteiger partial charge in [0.15, 0.2) is 12.0 Å². The Bertz CT molecular complexity index is 2080. The fraction of sp³-hybridized carbons (Fsp3) is 0.429. The minimum atomic E-state index is -3.93. The first-order valence-corrected chi connectivity index (χ1v) is 18.3. The summed E-state index contributed by atoms with van der Waals surface area (Å²) in [4.78, 5) is 63.2. The number of nitrogens with zero attached hydrogens (tertiary/aromatic N) is 3. The fourth-order valence-corrected chi connectivity index (χ4v) is 8.24. The Morgan fingerprint density at radius 1 is 0.980 bits per heavy atom. The number of sulfonamides is 1. The minimum Gasteiger partial charge on any atom is -0.465 e. The van der Waals surface area contributed by atoms with E-state index in [-0.39, 0.29) is 31.6 Å². The van der Waals surface area contributed by atoms with Crippen LogP contribution >= 0.6 is 0 Å². The lowest BCUT2D eigenvalue weighted by Crippen LogP contribution is -2.50. The van der Waals surface area contributed by atoms with Gasteiger partial charge in [-0.2, -0.15) is 0 Å². The molecule has 15 heteroatoms. The quantitative estimate of drug-likeness (QED) is 0.314. The van der Waals surface area contributed by atoms with Crippen LogP contribution in [0.25, 0.3) is 21.7 Å². The van der Waals surface area contributed by atoms with Crippen LogP contribution in [0.4, 0.5) is 9.18 Å². The highest BCUT2D eigenvalue weighted by Gasteiger charge is 2.49. The molecule has 1 saturated heterocycles. The van der Waals surface area contributed by atoms with Crippen molar-refractivity contribution in [2.75, 3.05) is 0 Å². The number of Topliss-reactive ketones (excluding diaryl/α,β-unsaturated/α-hetero) is 1. The van der Waals surface area contributed by atoms with Crippen molar-refractivity contribution in [2.24, 2.45) is 10.9 Å². The molecule has 4 aliphatic rings. The van der Waals surface area contributed by atoms with E-state index in [1.807, 2.05) is 12.1 Å². The maximum Gasteiger partial charge on any atom is 0.405 e. The van der Waals surface area contributed by atoms with Crippen molar-refractivity contribution in [2.45, 2.75) is 87.8 Å². The minimum absolute atomic E-state index is 0.0198. The number of para-hydroxylation sites is 1. The summed E-state index contributed by atoms with van der Waals surface area (Å²) in [6, 6.07) is 9.31. The topological polar surface area (TPSA) is 184 Å². The standard InChI is InChI=1S/C35H36FN5O8S/c36-20-9-12-22-23-6-2-4-7-26(23)38-34(24(22)16-20)49-32-14-13-30(42)27(39-35(45)46)8-3-1-5-19-15-28(19)37-18-29-25(17-31(43)41(29)32)33(44)40-50(47,48)21-10-11-21/h2,4,6-7,9,12,16,18,21,25,27,29,32,39H,1,3,5,8,10-11,13-15,17H2,(H,40,44)(H,45,46)/b37-18-/t25-,27+,29-,32-/m1/s1. The molecule has 262 valence electrons. The highest BCUT2D eigenvalue weighted by atomic mass is 32.2. The number of rotatable bonds is 6. The van der Waals surface area contributed by atoms with Crippen molar-refractivity contribution in [3.63, 3.8) is 0 Å². The molecule has 50 heavy (non-hydrogen) atoms. The number of halogens is 1. The molecule has 2 aliphatic carbocycles. The lowest BCUT2D eigenvalue weighted by molar-refractivity contribution is -0.137. The number of hydrogen-bond donors (Lipinski definition) is 3. The molecule has 0 spiro atoms. The van der Waals surface area contributed by atoms with E-state index in [0.717, 1.165) is 16.7 Å². The van der Waals surface area contributed by atoms with Crippen molar-refractivity contribution in [3.05, 3.63) is 59.6 Å². The first-order chi connectivity index (χ1) is 24.0. The Balaban J connectivity index is 1.30. The Hall–Kier alpha value is -4.92. The average Bonchev–Trinajstić information content (AvgIpc) is 4.01. The molecule has 0 bridgehead atoms. The number of nitrogens with one attached hydrogen (secondary N) is 2. The zero-order valence-electron chi connectivity index (χ0n) is 27.0. The predicted octanol–water partition coefficient (Wildman–Crippen LogP) is 4.35. The van der Waals surface area contributed by atoms with Crippen molar-refractivity contribution in [3.8, 4) is 5.88 Å². The van der Waals surface area contributed by atoms with E-state index in [0.29, 0.717) is 54.8 Å². The van der Waals surface area contributed by atoms with Crippen molar-refractivity contribution in [1.82, 2.24) is 19.9 Å². The molecule has 3 amide bonds. The molecule has 3 N–H and O–H groups in total. The van der Waals surface area contributed by atoms with Gasteiger partial charge in [0.05, 0.1) is 28.8 Å². The third-order valence-corrected chi connectivity index (χ3v) is 11.6. The van der Waals surface area contributed by atoms with Gasteiger partial charge in [-0.05, 0) is 61.3 Å². The zero-order chi connectivity index (χ0) is 35.2. The molecule has 2 aromatic carbocycles. The van der Waals surface area contributed by atoms with E-state index in [1.165, 1.54) is 23.2 Å². The van der Waals surface area contributed by atoms with E-state index < -0.39 is 69.0 Å². The number of fused-ring (bicyclic) bond motifs is 4. The monoisotopic (exact) mass is 705 g/mol. The third-order valence-electron chi connectivity index (χ3n) is 9.74. The largest absolute Gasteiger partial charge is 0.465 e. The van der Waals surface area contributed by atoms with Crippen LogP contribution in [0.3, 0.4) is 0 Å². The van der Waals surface area contributed by atoms with Crippen LogP contribution in [0.15, 0.2) is 58.7 Å². The summed E-state index contributed by atoms with van der Waals surface area (Å²) in [7, 11) is -3.93.